The molecule has 3 aromatic rings. The topological polar surface area (TPSA) is 43.6 Å². The van der Waals surface area contributed by atoms with Crippen molar-refractivity contribution < 1.29 is 0 Å². The maximum absolute atomic E-state index is 4.74. The Labute approximate surface area is 137 Å². The molecule has 0 aliphatic carbocycles. The van der Waals surface area contributed by atoms with Crippen LogP contribution in [0.2, 0.25) is 0 Å². The fourth-order valence-corrected chi connectivity index (χ4v) is 2.61. The van der Waals surface area contributed by atoms with Crippen molar-refractivity contribution in [2.75, 3.05) is 0 Å². The van der Waals surface area contributed by atoms with Crippen LogP contribution in [-0.4, -0.2) is 19.7 Å². The monoisotopic (exact) mass is 306 g/mol. The molecule has 0 bridgehead atoms. The molecule has 0 saturated heterocycles. The van der Waals surface area contributed by atoms with E-state index in [0.29, 0.717) is 0 Å². The zero-order chi connectivity index (χ0) is 16.6. The van der Waals surface area contributed by atoms with E-state index in [2.05, 4.69) is 49.9 Å². The second-order valence-corrected chi connectivity index (χ2v) is 6.93. The van der Waals surface area contributed by atoms with Crippen molar-refractivity contribution in [3.05, 3.63) is 54.0 Å². The molecule has 23 heavy (non-hydrogen) atoms. The molecule has 118 valence electrons. The van der Waals surface area contributed by atoms with Gasteiger partial charge in [-0.2, -0.15) is 5.10 Å². The van der Waals surface area contributed by atoms with Gasteiger partial charge in [0, 0.05) is 41.7 Å². The molecule has 4 nitrogen and oxygen atoms in total. The summed E-state index contributed by atoms with van der Waals surface area (Å²) in [6.07, 6.45) is 3.86. The first-order chi connectivity index (χ1) is 10.8. The van der Waals surface area contributed by atoms with Gasteiger partial charge in [-0.15, -0.1) is 0 Å². The van der Waals surface area contributed by atoms with Crippen LogP contribution < -0.4 is 0 Å². The summed E-state index contributed by atoms with van der Waals surface area (Å²) in [5, 5.41) is 4.55. The minimum absolute atomic E-state index is 0.00682. The number of nitrogens with zero attached hydrogens (tertiary/aromatic N) is 4. The highest BCUT2D eigenvalue weighted by atomic mass is 15.2. The summed E-state index contributed by atoms with van der Waals surface area (Å²) in [5.74, 6) is 0.757. The predicted octanol–water partition coefficient (Wildman–Crippen LogP) is 4.15. The lowest BCUT2D eigenvalue weighted by atomic mass is 9.92. The van der Waals surface area contributed by atoms with E-state index >= 15 is 0 Å². The van der Waals surface area contributed by atoms with Gasteiger partial charge in [0.1, 0.15) is 0 Å². The molecule has 4 heteroatoms. The summed E-state index contributed by atoms with van der Waals surface area (Å²) in [4.78, 5) is 9.19. The quantitative estimate of drug-likeness (QED) is 0.714. The van der Waals surface area contributed by atoms with E-state index in [9.17, 15) is 0 Å². The number of aromatic nitrogens is 4. The minimum atomic E-state index is 0.00682. The zero-order valence-corrected chi connectivity index (χ0v) is 14.3. The van der Waals surface area contributed by atoms with Gasteiger partial charge in [-0.05, 0) is 24.6 Å². The fourth-order valence-electron chi connectivity index (χ4n) is 2.61. The van der Waals surface area contributed by atoms with Gasteiger partial charge >= 0.3 is 0 Å². The maximum atomic E-state index is 4.74. The van der Waals surface area contributed by atoms with Gasteiger partial charge in [0.2, 0.25) is 0 Å². The van der Waals surface area contributed by atoms with Crippen LogP contribution in [0.15, 0.2) is 42.7 Å². The normalized spacial score (nSPS) is 11.7. The molecule has 0 radical (unpaired) electrons. The van der Waals surface area contributed by atoms with Crippen LogP contribution in [0.1, 0.15) is 32.0 Å². The van der Waals surface area contributed by atoms with Crippen molar-refractivity contribution in [2.24, 2.45) is 7.05 Å². The lowest BCUT2D eigenvalue weighted by Gasteiger charge is -2.17. The SMILES string of the molecule is Cc1cn(C)nc1-c1cccc(-c2nccc(C(C)(C)C)n2)c1. The predicted molar refractivity (Wildman–Crippen MR) is 93.1 cm³/mol. The van der Waals surface area contributed by atoms with Crippen LogP contribution in [0.5, 0.6) is 0 Å². The van der Waals surface area contributed by atoms with Crippen molar-refractivity contribution >= 4 is 0 Å². The molecule has 0 atom stereocenters. The van der Waals surface area contributed by atoms with E-state index in [1.807, 2.05) is 42.3 Å². The van der Waals surface area contributed by atoms with E-state index in [4.69, 9.17) is 4.98 Å². The summed E-state index contributed by atoms with van der Waals surface area (Å²) in [7, 11) is 1.94. The molecule has 1 aromatic carbocycles. The molecule has 0 aliphatic heterocycles. The molecule has 2 heterocycles. The van der Waals surface area contributed by atoms with E-state index in [0.717, 1.165) is 33.9 Å². The molecule has 0 amide bonds. The second-order valence-electron chi connectivity index (χ2n) is 6.93. The highest BCUT2D eigenvalue weighted by molar-refractivity contribution is 5.69. The molecule has 2 aromatic heterocycles. The molecule has 0 N–H and O–H groups in total. The summed E-state index contributed by atoms with van der Waals surface area (Å²) in [6, 6.07) is 10.2. The Hall–Kier alpha value is -2.49. The molecule has 0 fully saturated rings. The molecule has 0 unspecified atom stereocenters. The van der Waals surface area contributed by atoms with Crippen molar-refractivity contribution in [1.29, 1.82) is 0 Å². The van der Waals surface area contributed by atoms with Crippen molar-refractivity contribution in [1.82, 2.24) is 19.7 Å². The van der Waals surface area contributed by atoms with Gasteiger partial charge in [-0.25, -0.2) is 9.97 Å². The van der Waals surface area contributed by atoms with Gasteiger partial charge in [-0.3, -0.25) is 4.68 Å². The van der Waals surface area contributed by atoms with Crippen LogP contribution in [0.4, 0.5) is 0 Å². The Morgan fingerprint density at radius 1 is 1.04 bits per heavy atom. The van der Waals surface area contributed by atoms with E-state index < -0.39 is 0 Å². The number of hydrogen-bond donors (Lipinski definition) is 0. The first-order valence-corrected chi connectivity index (χ1v) is 7.79. The summed E-state index contributed by atoms with van der Waals surface area (Å²) in [5.41, 5.74) is 5.31. The first kappa shape index (κ1) is 15.4. The summed E-state index contributed by atoms with van der Waals surface area (Å²) >= 11 is 0. The maximum Gasteiger partial charge on any atom is 0.159 e. The first-order valence-electron chi connectivity index (χ1n) is 7.79. The largest absolute Gasteiger partial charge is 0.275 e. The standard InChI is InChI=1S/C19H22N4/c1-13-12-23(5)22-17(13)14-7-6-8-15(11-14)18-20-10-9-16(21-18)19(2,3)4/h6-12H,1-5H3. The lowest BCUT2D eigenvalue weighted by Crippen LogP contribution is -2.14. The van der Waals surface area contributed by atoms with Crippen LogP contribution in [-0.2, 0) is 12.5 Å². The Balaban J connectivity index is 2.05. The Bertz CT molecular complexity index is 841. The van der Waals surface area contributed by atoms with Crippen LogP contribution in [0.25, 0.3) is 22.6 Å². The molecule has 0 saturated carbocycles. The Kier molecular flexibility index (Phi) is 3.76. The third kappa shape index (κ3) is 3.16. The average Bonchev–Trinajstić information content (AvgIpc) is 2.85. The average molecular weight is 306 g/mol. The number of benzene rings is 1. The highest BCUT2D eigenvalue weighted by Crippen LogP contribution is 2.27. The third-order valence-electron chi connectivity index (χ3n) is 3.83. The van der Waals surface area contributed by atoms with Gasteiger partial charge < -0.3 is 0 Å². The van der Waals surface area contributed by atoms with Gasteiger partial charge in [0.25, 0.3) is 0 Å². The zero-order valence-electron chi connectivity index (χ0n) is 14.3. The number of hydrogen-bond acceptors (Lipinski definition) is 3. The number of rotatable bonds is 2. The van der Waals surface area contributed by atoms with E-state index in [1.165, 1.54) is 0 Å². The van der Waals surface area contributed by atoms with Crippen molar-refractivity contribution in [3.63, 3.8) is 0 Å². The smallest absolute Gasteiger partial charge is 0.159 e. The summed E-state index contributed by atoms with van der Waals surface area (Å²) in [6.45, 7) is 8.55. The van der Waals surface area contributed by atoms with Crippen molar-refractivity contribution in [2.45, 2.75) is 33.1 Å². The summed E-state index contributed by atoms with van der Waals surface area (Å²) < 4.78 is 1.84. The molecular formula is C19H22N4. The molecule has 3 rings (SSSR count). The molecular weight excluding hydrogens is 284 g/mol. The van der Waals surface area contributed by atoms with Gasteiger partial charge in [0.15, 0.2) is 5.82 Å². The molecule has 0 spiro atoms. The lowest BCUT2D eigenvalue weighted by molar-refractivity contribution is 0.568. The Morgan fingerprint density at radius 2 is 1.78 bits per heavy atom. The van der Waals surface area contributed by atoms with Gasteiger partial charge in [-0.1, -0.05) is 39.0 Å². The van der Waals surface area contributed by atoms with E-state index in [-0.39, 0.29) is 5.41 Å². The van der Waals surface area contributed by atoms with Crippen molar-refractivity contribution in [3.8, 4) is 22.6 Å². The highest BCUT2D eigenvalue weighted by Gasteiger charge is 2.16. The van der Waals surface area contributed by atoms with Crippen LogP contribution >= 0.6 is 0 Å². The van der Waals surface area contributed by atoms with Gasteiger partial charge in [0.05, 0.1) is 5.69 Å². The fraction of sp³-hybridized carbons (Fsp3) is 0.316. The Morgan fingerprint density at radius 3 is 2.43 bits per heavy atom. The molecule has 0 aliphatic rings. The van der Waals surface area contributed by atoms with Crippen LogP contribution in [0.3, 0.4) is 0 Å². The minimum Gasteiger partial charge on any atom is -0.275 e. The van der Waals surface area contributed by atoms with E-state index in [1.54, 1.807) is 0 Å². The third-order valence-corrected chi connectivity index (χ3v) is 3.83. The number of aryl methyl sites for hydroxylation is 2. The second kappa shape index (κ2) is 5.61. The van der Waals surface area contributed by atoms with Crippen LogP contribution in [0, 0.1) is 6.92 Å².